The van der Waals surface area contributed by atoms with E-state index in [9.17, 15) is 4.79 Å². The van der Waals surface area contributed by atoms with Gasteiger partial charge >= 0.3 is 5.97 Å². The van der Waals surface area contributed by atoms with Crippen LogP contribution in [0, 0.1) is 0 Å². The Morgan fingerprint density at radius 1 is 1.11 bits per heavy atom. The summed E-state index contributed by atoms with van der Waals surface area (Å²) < 4.78 is 0. The van der Waals surface area contributed by atoms with Crippen molar-refractivity contribution in [3.8, 4) is 0 Å². The van der Waals surface area contributed by atoms with E-state index in [1.807, 2.05) is 48.5 Å². The van der Waals surface area contributed by atoms with Crippen LogP contribution in [0.3, 0.4) is 0 Å². The minimum absolute atomic E-state index is 0.0632. The molecule has 0 atom stereocenters. The fourth-order valence-electron chi connectivity index (χ4n) is 1.80. The molecule has 0 aliphatic carbocycles. The first-order valence-electron chi connectivity index (χ1n) is 5.92. The molecule has 3 nitrogen and oxygen atoms in total. The summed E-state index contributed by atoms with van der Waals surface area (Å²) in [7, 11) is 0. The largest absolute Gasteiger partial charge is 0.481 e. The number of nitrogen functional groups attached to an aromatic ring is 1. The van der Waals surface area contributed by atoms with Gasteiger partial charge in [0, 0.05) is 16.3 Å². The van der Waals surface area contributed by atoms with Crippen LogP contribution in [0.5, 0.6) is 0 Å². The number of carboxylic acid groups (broad SMARTS) is 1. The summed E-state index contributed by atoms with van der Waals surface area (Å²) in [5.74, 6) is -0.0613. The molecule has 2 aromatic carbocycles. The van der Waals surface area contributed by atoms with Crippen LogP contribution in [0.4, 0.5) is 5.69 Å². The topological polar surface area (TPSA) is 63.3 Å². The van der Waals surface area contributed by atoms with Crippen molar-refractivity contribution in [3.63, 3.8) is 0 Å². The SMILES string of the molecule is Nc1cccc(SCc2ccccc2CC(=O)O)c1. The summed E-state index contributed by atoms with van der Waals surface area (Å²) in [5.41, 5.74) is 8.39. The normalized spacial score (nSPS) is 10.3. The number of hydrogen-bond donors (Lipinski definition) is 2. The van der Waals surface area contributed by atoms with Crippen LogP contribution < -0.4 is 5.73 Å². The number of aliphatic carboxylic acids is 1. The number of thioether (sulfide) groups is 1. The number of hydrogen-bond acceptors (Lipinski definition) is 3. The summed E-state index contributed by atoms with van der Waals surface area (Å²) in [6.07, 6.45) is 0.0632. The van der Waals surface area contributed by atoms with E-state index in [4.69, 9.17) is 10.8 Å². The lowest BCUT2D eigenvalue weighted by atomic mass is 10.1. The van der Waals surface area contributed by atoms with Gasteiger partial charge in [0.15, 0.2) is 0 Å². The Balaban J connectivity index is 2.09. The van der Waals surface area contributed by atoms with Gasteiger partial charge in [-0.3, -0.25) is 4.79 Å². The molecule has 0 aromatic heterocycles. The number of carboxylic acids is 1. The van der Waals surface area contributed by atoms with E-state index >= 15 is 0 Å². The highest BCUT2D eigenvalue weighted by Gasteiger charge is 2.06. The number of carbonyl (C=O) groups is 1. The predicted octanol–water partition coefficient (Wildman–Crippen LogP) is 3.19. The summed E-state index contributed by atoms with van der Waals surface area (Å²) >= 11 is 1.66. The van der Waals surface area contributed by atoms with Crippen LogP contribution in [0.1, 0.15) is 11.1 Å². The van der Waals surface area contributed by atoms with Crippen molar-refractivity contribution >= 4 is 23.4 Å². The third-order valence-corrected chi connectivity index (χ3v) is 3.76. The second-order valence-electron chi connectivity index (χ2n) is 4.20. The van der Waals surface area contributed by atoms with Crippen molar-refractivity contribution in [1.82, 2.24) is 0 Å². The zero-order chi connectivity index (χ0) is 13.7. The van der Waals surface area contributed by atoms with E-state index < -0.39 is 5.97 Å². The molecule has 0 saturated carbocycles. The van der Waals surface area contributed by atoms with E-state index in [2.05, 4.69) is 0 Å². The maximum Gasteiger partial charge on any atom is 0.307 e. The molecule has 0 saturated heterocycles. The fraction of sp³-hybridized carbons (Fsp3) is 0.133. The van der Waals surface area contributed by atoms with Gasteiger partial charge in [-0.05, 0) is 29.3 Å². The highest BCUT2D eigenvalue weighted by atomic mass is 32.2. The summed E-state index contributed by atoms with van der Waals surface area (Å²) in [6.45, 7) is 0. The van der Waals surface area contributed by atoms with Crippen molar-refractivity contribution in [3.05, 3.63) is 59.7 Å². The maximum absolute atomic E-state index is 10.8. The van der Waals surface area contributed by atoms with Gasteiger partial charge in [0.25, 0.3) is 0 Å². The van der Waals surface area contributed by atoms with Crippen LogP contribution in [-0.4, -0.2) is 11.1 Å². The molecule has 0 aliphatic rings. The Labute approximate surface area is 116 Å². The molecule has 0 heterocycles. The average Bonchev–Trinajstić information content (AvgIpc) is 2.37. The second-order valence-corrected chi connectivity index (χ2v) is 5.25. The molecule has 0 amide bonds. The lowest BCUT2D eigenvalue weighted by molar-refractivity contribution is -0.136. The first-order chi connectivity index (χ1) is 9.15. The van der Waals surface area contributed by atoms with Crippen molar-refractivity contribution < 1.29 is 9.90 Å². The number of anilines is 1. The Hall–Kier alpha value is -1.94. The highest BCUT2D eigenvalue weighted by Crippen LogP contribution is 2.25. The second kappa shape index (κ2) is 6.29. The third-order valence-electron chi connectivity index (χ3n) is 2.71. The van der Waals surface area contributed by atoms with Crippen LogP contribution >= 0.6 is 11.8 Å². The number of rotatable bonds is 5. The van der Waals surface area contributed by atoms with Crippen molar-refractivity contribution in [2.24, 2.45) is 0 Å². The van der Waals surface area contributed by atoms with Gasteiger partial charge in [-0.25, -0.2) is 0 Å². The van der Waals surface area contributed by atoms with Crippen LogP contribution in [0.25, 0.3) is 0 Å². The molecule has 0 fully saturated rings. The average molecular weight is 273 g/mol. The predicted molar refractivity (Wildman–Crippen MR) is 78.2 cm³/mol. The molecule has 0 radical (unpaired) electrons. The van der Waals surface area contributed by atoms with Gasteiger partial charge < -0.3 is 10.8 Å². The van der Waals surface area contributed by atoms with E-state index in [0.717, 1.165) is 27.5 Å². The van der Waals surface area contributed by atoms with Crippen LogP contribution in [0.2, 0.25) is 0 Å². The van der Waals surface area contributed by atoms with E-state index in [0.29, 0.717) is 0 Å². The smallest absolute Gasteiger partial charge is 0.307 e. The van der Waals surface area contributed by atoms with Gasteiger partial charge in [0.05, 0.1) is 6.42 Å². The van der Waals surface area contributed by atoms with E-state index in [1.54, 1.807) is 11.8 Å². The molecule has 2 rings (SSSR count). The van der Waals surface area contributed by atoms with Crippen LogP contribution in [0.15, 0.2) is 53.4 Å². The molecule has 3 N–H and O–H groups in total. The molecule has 0 spiro atoms. The minimum atomic E-state index is -0.804. The summed E-state index contributed by atoms with van der Waals surface area (Å²) in [6, 6.07) is 15.3. The van der Waals surface area contributed by atoms with E-state index in [-0.39, 0.29) is 6.42 Å². The quantitative estimate of drug-likeness (QED) is 0.648. The van der Waals surface area contributed by atoms with E-state index in [1.165, 1.54) is 0 Å². The monoisotopic (exact) mass is 273 g/mol. The fourth-order valence-corrected chi connectivity index (χ4v) is 2.80. The molecular formula is C15H15NO2S. The molecule has 98 valence electrons. The summed E-state index contributed by atoms with van der Waals surface area (Å²) in [5, 5.41) is 8.89. The maximum atomic E-state index is 10.8. The van der Waals surface area contributed by atoms with Gasteiger partial charge in [0.2, 0.25) is 0 Å². The first-order valence-corrected chi connectivity index (χ1v) is 6.90. The van der Waals surface area contributed by atoms with Crippen LogP contribution in [-0.2, 0) is 17.0 Å². The zero-order valence-corrected chi connectivity index (χ0v) is 11.2. The lowest BCUT2D eigenvalue weighted by Crippen LogP contribution is -2.02. The van der Waals surface area contributed by atoms with Gasteiger partial charge in [-0.1, -0.05) is 30.3 Å². The van der Waals surface area contributed by atoms with Gasteiger partial charge in [0.1, 0.15) is 0 Å². The first kappa shape index (κ1) is 13.5. The third kappa shape index (κ3) is 4.03. The summed E-state index contributed by atoms with van der Waals surface area (Å²) in [4.78, 5) is 11.9. The Morgan fingerprint density at radius 3 is 2.53 bits per heavy atom. The molecule has 4 heteroatoms. The Bertz CT molecular complexity index is 584. The van der Waals surface area contributed by atoms with Gasteiger partial charge in [-0.2, -0.15) is 0 Å². The van der Waals surface area contributed by atoms with Crippen molar-refractivity contribution in [2.45, 2.75) is 17.1 Å². The number of benzene rings is 2. The molecule has 0 aliphatic heterocycles. The van der Waals surface area contributed by atoms with Crippen molar-refractivity contribution in [1.29, 1.82) is 0 Å². The lowest BCUT2D eigenvalue weighted by Gasteiger charge is -2.07. The zero-order valence-electron chi connectivity index (χ0n) is 10.4. The molecular weight excluding hydrogens is 258 g/mol. The molecule has 19 heavy (non-hydrogen) atoms. The van der Waals surface area contributed by atoms with Gasteiger partial charge in [-0.15, -0.1) is 11.8 Å². The standard InChI is InChI=1S/C15H15NO2S/c16-13-6-3-7-14(9-13)19-10-12-5-2-1-4-11(12)8-15(17)18/h1-7,9H,8,10,16H2,(H,17,18). The number of nitrogens with two attached hydrogens (primary N) is 1. The minimum Gasteiger partial charge on any atom is -0.481 e. The Morgan fingerprint density at radius 2 is 1.84 bits per heavy atom. The Kier molecular flexibility index (Phi) is 4.47. The molecule has 0 unspecified atom stereocenters. The molecule has 0 bridgehead atoms. The highest BCUT2D eigenvalue weighted by molar-refractivity contribution is 7.98. The molecule has 2 aromatic rings. The van der Waals surface area contributed by atoms with Crippen molar-refractivity contribution in [2.75, 3.05) is 5.73 Å².